The predicted octanol–water partition coefficient (Wildman–Crippen LogP) is 4.41. The smallest absolute Gasteiger partial charge is 0.149 e. The molecule has 8 nitrogen and oxygen atoms in total. The highest BCUT2D eigenvalue weighted by atomic mass is 35.5. The molecule has 0 amide bonds. The lowest BCUT2D eigenvalue weighted by Crippen LogP contribution is -2.29. The predicted molar refractivity (Wildman–Crippen MR) is 136 cm³/mol. The lowest BCUT2D eigenvalue weighted by Gasteiger charge is -2.13. The van der Waals surface area contributed by atoms with Crippen LogP contribution < -0.4 is 21.2 Å². The van der Waals surface area contributed by atoms with Crippen molar-refractivity contribution in [3.05, 3.63) is 89.0 Å². The molecule has 0 fully saturated rings. The molecule has 0 saturated carbocycles. The first-order valence-corrected chi connectivity index (χ1v) is 11.2. The third-order valence-electron chi connectivity index (χ3n) is 5.41. The van der Waals surface area contributed by atoms with Crippen molar-refractivity contribution in [2.45, 2.75) is 6.61 Å². The van der Waals surface area contributed by atoms with Gasteiger partial charge in [-0.2, -0.15) is 5.10 Å². The largest absolute Gasteiger partial charge is 0.487 e. The van der Waals surface area contributed by atoms with E-state index >= 15 is 0 Å². The Morgan fingerprint density at radius 2 is 2.06 bits per heavy atom. The Balaban J connectivity index is 1.38. The van der Waals surface area contributed by atoms with Crippen LogP contribution in [0.25, 0.3) is 10.9 Å². The van der Waals surface area contributed by atoms with Crippen molar-refractivity contribution in [3.8, 4) is 5.75 Å². The van der Waals surface area contributed by atoms with E-state index < -0.39 is 0 Å². The molecule has 0 spiro atoms. The number of nitrogens with one attached hydrogen (secondary N) is 2. The summed E-state index contributed by atoms with van der Waals surface area (Å²) in [5.41, 5.74) is 3.55. The number of ether oxygens (including phenoxy) is 1. The molecule has 1 aliphatic heterocycles. The van der Waals surface area contributed by atoms with Crippen molar-refractivity contribution < 1.29 is 9.13 Å². The second kappa shape index (κ2) is 9.94. The first-order valence-electron chi connectivity index (χ1n) is 10.9. The summed E-state index contributed by atoms with van der Waals surface area (Å²) in [6, 6.07) is 17.3. The van der Waals surface area contributed by atoms with Crippen LogP contribution in [-0.2, 0) is 6.61 Å². The SMILES string of the molecule is NN=C(C1=NCCN1)c1ccc2ncnc(Nc3ccc(OCc4cccc(F)c4)c(Cl)c3)c2c1. The number of rotatable bonds is 7. The maximum absolute atomic E-state index is 13.4. The standard InChI is InChI=1S/C25H21ClFN7O/c26-20-12-18(5-7-22(20)35-13-15-2-1-3-17(27)10-15)33-24-19-11-16(4-6-21(19)31-14-32-24)23(34-28)25-29-8-9-30-25/h1-7,10-12,14H,8-9,13,28H2,(H,29,30)(H,31,32,33). The van der Waals surface area contributed by atoms with Crippen LogP contribution in [0.3, 0.4) is 0 Å². The first-order chi connectivity index (χ1) is 17.1. The highest BCUT2D eigenvalue weighted by Crippen LogP contribution is 2.31. The Hall–Kier alpha value is -4.24. The van der Waals surface area contributed by atoms with E-state index in [1.165, 1.54) is 18.5 Å². The number of halogens is 2. The normalized spacial score (nSPS) is 13.4. The molecule has 1 aromatic heterocycles. The van der Waals surface area contributed by atoms with Crippen LogP contribution in [0.4, 0.5) is 15.9 Å². The van der Waals surface area contributed by atoms with E-state index in [1.807, 2.05) is 24.3 Å². The van der Waals surface area contributed by atoms with E-state index in [9.17, 15) is 4.39 Å². The second-order valence-corrected chi connectivity index (χ2v) is 8.19. The molecule has 0 saturated heterocycles. The van der Waals surface area contributed by atoms with Gasteiger partial charge in [0.1, 0.15) is 41.9 Å². The van der Waals surface area contributed by atoms with Crippen LogP contribution in [0.5, 0.6) is 5.75 Å². The minimum absolute atomic E-state index is 0.203. The van der Waals surface area contributed by atoms with Crippen LogP contribution in [-0.4, -0.2) is 34.6 Å². The third-order valence-corrected chi connectivity index (χ3v) is 5.71. The molecule has 1 aliphatic rings. The number of benzene rings is 3. The maximum Gasteiger partial charge on any atom is 0.149 e. The summed E-state index contributed by atoms with van der Waals surface area (Å²) in [6.45, 7) is 1.63. The van der Waals surface area contributed by atoms with Gasteiger partial charge in [-0.3, -0.25) is 4.99 Å². The fourth-order valence-corrected chi connectivity index (χ4v) is 3.99. The zero-order chi connectivity index (χ0) is 24.2. The number of amidine groups is 1. The van der Waals surface area contributed by atoms with Gasteiger partial charge in [0.15, 0.2) is 0 Å². The number of hydrazone groups is 1. The molecule has 0 bridgehead atoms. The van der Waals surface area contributed by atoms with Gasteiger partial charge in [-0.1, -0.05) is 29.8 Å². The van der Waals surface area contributed by atoms with Crippen LogP contribution in [0, 0.1) is 5.82 Å². The molecular formula is C25H21ClFN7O. The molecular weight excluding hydrogens is 469 g/mol. The van der Waals surface area contributed by atoms with Crippen molar-refractivity contribution in [1.29, 1.82) is 0 Å². The molecule has 35 heavy (non-hydrogen) atoms. The highest BCUT2D eigenvalue weighted by molar-refractivity contribution is 6.48. The van der Waals surface area contributed by atoms with Gasteiger partial charge in [-0.25, -0.2) is 14.4 Å². The lowest BCUT2D eigenvalue weighted by atomic mass is 10.1. The molecule has 0 unspecified atom stereocenters. The van der Waals surface area contributed by atoms with Crippen molar-refractivity contribution in [2.24, 2.45) is 15.9 Å². The van der Waals surface area contributed by atoms with Gasteiger partial charge >= 0.3 is 0 Å². The fraction of sp³-hybridized carbons (Fsp3) is 0.120. The fourth-order valence-electron chi connectivity index (χ4n) is 3.75. The highest BCUT2D eigenvalue weighted by Gasteiger charge is 2.17. The first kappa shape index (κ1) is 22.5. The van der Waals surface area contributed by atoms with Gasteiger partial charge in [0.2, 0.25) is 0 Å². The van der Waals surface area contributed by atoms with Crippen molar-refractivity contribution in [1.82, 2.24) is 15.3 Å². The Labute approximate surface area is 205 Å². The Kier molecular flexibility index (Phi) is 6.40. The number of hydrogen-bond acceptors (Lipinski definition) is 8. The van der Waals surface area contributed by atoms with Crippen molar-refractivity contribution in [3.63, 3.8) is 0 Å². The number of fused-ring (bicyclic) bond motifs is 1. The van der Waals surface area contributed by atoms with E-state index in [0.717, 1.165) is 23.0 Å². The van der Waals surface area contributed by atoms with Crippen LogP contribution in [0.2, 0.25) is 5.02 Å². The van der Waals surface area contributed by atoms with Gasteiger partial charge in [0.05, 0.1) is 17.1 Å². The van der Waals surface area contributed by atoms with Crippen molar-refractivity contribution in [2.75, 3.05) is 18.4 Å². The molecule has 2 heterocycles. The Morgan fingerprint density at radius 3 is 2.83 bits per heavy atom. The average molecular weight is 490 g/mol. The summed E-state index contributed by atoms with van der Waals surface area (Å²) >= 11 is 6.45. The second-order valence-electron chi connectivity index (χ2n) is 7.78. The number of anilines is 2. The lowest BCUT2D eigenvalue weighted by molar-refractivity contribution is 0.306. The summed E-state index contributed by atoms with van der Waals surface area (Å²) in [4.78, 5) is 13.2. The minimum Gasteiger partial charge on any atom is -0.487 e. The number of aromatic nitrogens is 2. The van der Waals surface area contributed by atoms with Gasteiger partial charge in [0, 0.05) is 23.2 Å². The minimum atomic E-state index is -0.311. The number of nitrogens with zero attached hydrogens (tertiary/aromatic N) is 4. The van der Waals surface area contributed by atoms with E-state index in [4.69, 9.17) is 22.2 Å². The molecule has 0 atom stereocenters. The van der Waals surface area contributed by atoms with Gasteiger partial charge in [0.25, 0.3) is 0 Å². The molecule has 5 rings (SSSR count). The summed E-state index contributed by atoms with van der Waals surface area (Å²) in [7, 11) is 0. The molecule has 4 N–H and O–H groups in total. The average Bonchev–Trinajstić information content (AvgIpc) is 3.39. The molecule has 176 valence electrons. The third kappa shape index (κ3) is 4.99. The quantitative estimate of drug-likeness (QED) is 0.201. The molecule has 3 aromatic carbocycles. The van der Waals surface area contributed by atoms with Crippen LogP contribution in [0.15, 0.2) is 77.1 Å². The summed E-state index contributed by atoms with van der Waals surface area (Å²) in [6.07, 6.45) is 1.49. The molecule has 0 radical (unpaired) electrons. The van der Waals surface area contributed by atoms with Gasteiger partial charge < -0.3 is 21.2 Å². The molecule has 0 aliphatic carbocycles. The number of aliphatic imine (C=N–C) groups is 1. The van der Waals surface area contributed by atoms with E-state index in [2.05, 4.69) is 30.7 Å². The molecule has 10 heteroatoms. The van der Waals surface area contributed by atoms with Crippen LogP contribution >= 0.6 is 11.6 Å². The zero-order valence-electron chi connectivity index (χ0n) is 18.5. The maximum atomic E-state index is 13.4. The van der Waals surface area contributed by atoms with E-state index in [0.29, 0.717) is 45.9 Å². The molecule has 4 aromatic rings. The van der Waals surface area contributed by atoms with E-state index in [1.54, 1.807) is 24.3 Å². The summed E-state index contributed by atoms with van der Waals surface area (Å²) < 4.78 is 19.2. The number of hydrogen-bond donors (Lipinski definition) is 3. The number of nitrogens with two attached hydrogens (primary N) is 1. The van der Waals surface area contributed by atoms with E-state index in [-0.39, 0.29) is 12.4 Å². The van der Waals surface area contributed by atoms with Crippen LogP contribution in [0.1, 0.15) is 11.1 Å². The zero-order valence-corrected chi connectivity index (χ0v) is 19.3. The van der Waals surface area contributed by atoms with Crippen molar-refractivity contribution >= 4 is 45.6 Å². The van der Waals surface area contributed by atoms with Gasteiger partial charge in [-0.05, 0) is 48.0 Å². The monoisotopic (exact) mass is 489 g/mol. The summed E-state index contributed by atoms with van der Waals surface area (Å²) in [5.74, 6) is 7.11. The summed E-state index contributed by atoms with van der Waals surface area (Å²) in [5, 5.41) is 11.6. The van der Waals surface area contributed by atoms with Gasteiger partial charge in [-0.15, -0.1) is 0 Å². The Morgan fingerprint density at radius 1 is 1.14 bits per heavy atom. The topological polar surface area (TPSA) is 110 Å². The Bertz CT molecular complexity index is 1460.